The summed E-state index contributed by atoms with van der Waals surface area (Å²) in [6.45, 7) is 14.9. The van der Waals surface area contributed by atoms with Gasteiger partial charge in [-0.3, -0.25) is 4.90 Å². The van der Waals surface area contributed by atoms with Crippen LogP contribution < -0.4 is 4.90 Å². The van der Waals surface area contributed by atoms with Crippen LogP contribution in [0.25, 0.3) is 5.76 Å². The van der Waals surface area contributed by atoms with Gasteiger partial charge in [-0.15, -0.1) is 0 Å². The Kier molecular flexibility index (Phi) is 5.97. The van der Waals surface area contributed by atoms with Gasteiger partial charge in [0.15, 0.2) is 0 Å². The number of aliphatic hydroxyl groups is 1. The Morgan fingerprint density at radius 2 is 1.88 bits per heavy atom. The number of anilines is 1. The maximum absolute atomic E-state index is 9.59. The van der Waals surface area contributed by atoms with Gasteiger partial charge in [-0.05, 0) is 58.3 Å². The normalized spacial score (nSPS) is 21.5. The standard InChI is InChI=1S/C20H32N4O/c1-16(2)22-12-8-18(9-13-22)23-10-5-11-24(15-14-23)20-7-4-6-19(21-20)17(3)25/h4,6-7,16,18,25H,3,5,8-15H2,1-2H3. The highest BCUT2D eigenvalue weighted by Crippen LogP contribution is 2.22. The molecule has 3 rings (SSSR count). The molecule has 2 aliphatic heterocycles. The van der Waals surface area contributed by atoms with E-state index in [1.807, 2.05) is 12.1 Å². The molecule has 138 valence electrons. The monoisotopic (exact) mass is 344 g/mol. The minimum atomic E-state index is 0.0372. The molecule has 0 radical (unpaired) electrons. The number of rotatable bonds is 4. The molecule has 0 bridgehead atoms. The van der Waals surface area contributed by atoms with Crippen molar-refractivity contribution >= 4 is 11.6 Å². The van der Waals surface area contributed by atoms with Crippen molar-refractivity contribution in [2.45, 2.75) is 45.2 Å². The highest BCUT2D eigenvalue weighted by atomic mass is 16.3. The quantitative estimate of drug-likeness (QED) is 0.851. The Balaban J connectivity index is 1.58. The topological polar surface area (TPSA) is 42.8 Å². The average Bonchev–Trinajstić information content (AvgIpc) is 2.88. The summed E-state index contributed by atoms with van der Waals surface area (Å²) >= 11 is 0. The van der Waals surface area contributed by atoms with Crippen LogP contribution in [0.2, 0.25) is 0 Å². The SMILES string of the molecule is C=C(O)c1cccc(N2CCCN(C3CCN(C(C)C)CC3)CC2)n1. The lowest BCUT2D eigenvalue weighted by Gasteiger charge is -2.39. The van der Waals surface area contributed by atoms with E-state index in [-0.39, 0.29) is 5.76 Å². The maximum atomic E-state index is 9.59. The molecule has 0 spiro atoms. The molecule has 0 aromatic carbocycles. The minimum Gasteiger partial charge on any atom is -0.506 e. The maximum Gasteiger partial charge on any atom is 0.134 e. The van der Waals surface area contributed by atoms with Gasteiger partial charge in [0.25, 0.3) is 0 Å². The number of nitrogens with zero attached hydrogens (tertiary/aromatic N) is 4. The van der Waals surface area contributed by atoms with Gasteiger partial charge in [0.1, 0.15) is 17.3 Å². The van der Waals surface area contributed by atoms with Crippen molar-refractivity contribution in [3.05, 3.63) is 30.5 Å². The van der Waals surface area contributed by atoms with Gasteiger partial charge in [-0.25, -0.2) is 4.98 Å². The molecule has 0 aliphatic carbocycles. The molecule has 1 N–H and O–H groups in total. The number of aromatic nitrogens is 1. The molecule has 0 atom stereocenters. The fourth-order valence-electron chi connectivity index (χ4n) is 4.06. The van der Waals surface area contributed by atoms with Crippen LogP contribution in [-0.4, -0.2) is 71.2 Å². The molecule has 5 heteroatoms. The van der Waals surface area contributed by atoms with Gasteiger partial charge in [-0.2, -0.15) is 0 Å². The van der Waals surface area contributed by atoms with Crippen LogP contribution in [0.1, 0.15) is 38.8 Å². The lowest BCUT2D eigenvalue weighted by molar-refractivity contribution is 0.0965. The number of likely N-dealkylation sites (tertiary alicyclic amines) is 1. The van der Waals surface area contributed by atoms with E-state index in [9.17, 15) is 5.11 Å². The average molecular weight is 345 g/mol. The first-order valence-corrected chi connectivity index (χ1v) is 9.63. The van der Waals surface area contributed by atoms with Crippen LogP contribution in [0.4, 0.5) is 5.82 Å². The van der Waals surface area contributed by atoms with Crippen LogP contribution in [0.3, 0.4) is 0 Å². The Hall–Kier alpha value is -1.59. The lowest BCUT2D eigenvalue weighted by atomic mass is 10.0. The number of aliphatic hydroxyl groups excluding tert-OH is 1. The summed E-state index contributed by atoms with van der Waals surface area (Å²) in [7, 11) is 0. The third-order valence-corrected chi connectivity index (χ3v) is 5.63. The summed E-state index contributed by atoms with van der Waals surface area (Å²) in [5, 5.41) is 9.59. The van der Waals surface area contributed by atoms with Crippen molar-refractivity contribution in [1.82, 2.24) is 14.8 Å². The molecule has 0 unspecified atom stereocenters. The van der Waals surface area contributed by atoms with Crippen molar-refractivity contribution in [1.29, 1.82) is 0 Å². The Morgan fingerprint density at radius 1 is 1.12 bits per heavy atom. The van der Waals surface area contributed by atoms with Gasteiger partial charge >= 0.3 is 0 Å². The highest BCUT2D eigenvalue weighted by Gasteiger charge is 2.27. The van der Waals surface area contributed by atoms with E-state index >= 15 is 0 Å². The first-order chi connectivity index (χ1) is 12.0. The second-order valence-corrected chi connectivity index (χ2v) is 7.57. The van der Waals surface area contributed by atoms with Gasteiger partial charge < -0.3 is 14.9 Å². The highest BCUT2D eigenvalue weighted by molar-refractivity contribution is 5.55. The van der Waals surface area contributed by atoms with E-state index in [0.29, 0.717) is 11.7 Å². The van der Waals surface area contributed by atoms with Crippen LogP contribution >= 0.6 is 0 Å². The molecule has 0 saturated carbocycles. The van der Waals surface area contributed by atoms with Crippen LogP contribution in [0, 0.1) is 0 Å². The largest absolute Gasteiger partial charge is 0.506 e. The van der Waals surface area contributed by atoms with Crippen LogP contribution in [0.15, 0.2) is 24.8 Å². The summed E-state index contributed by atoms with van der Waals surface area (Å²) in [6.07, 6.45) is 3.74. The molecule has 5 nitrogen and oxygen atoms in total. The molecule has 0 amide bonds. The number of hydrogen-bond donors (Lipinski definition) is 1. The molecule has 25 heavy (non-hydrogen) atoms. The van der Waals surface area contributed by atoms with E-state index in [1.54, 1.807) is 6.07 Å². The second-order valence-electron chi connectivity index (χ2n) is 7.57. The van der Waals surface area contributed by atoms with Crippen LogP contribution in [0.5, 0.6) is 0 Å². The van der Waals surface area contributed by atoms with E-state index in [1.165, 1.54) is 32.5 Å². The smallest absolute Gasteiger partial charge is 0.134 e. The fraction of sp³-hybridized carbons (Fsp3) is 0.650. The molecular formula is C20H32N4O. The van der Waals surface area contributed by atoms with Gasteiger partial charge in [0.2, 0.25) is 0 Å². The van der Waals surface area contributed by atoms with Crippen molar-refractivity contribution in [2.24, 2.45) is 0 Å². The zero-order valence-corrected chi connectivity index (χ0v) is 15.7. The first kappa shape index (κ1) is 18.2. The Bertz CT molecular complexity index is 581. The molecule has 2 aliphatic rings. The third-order valence-electron chi connectivity index (χ3n) is 5.63. The van der Waals surface area contributed by atoms with Crippen molar-refractivity contribution in [3.63, 3.8) is 0 Å². The van der Waals surface area contributed by atoms with Gasteiger partial charge in [-0.1, -0.05) is 12.6 Å². The van der Waals surface area contributed by atoms with Crippen molar-refractivity contribution in [3.8, 4) is 0 Å². The van der Waals surface area contributed by atoms with E-state index in [2.05, 4.69) is 40.1 Å². The third kappa shape index (κ3) is 4.53. The second kappa shape index (κ2) is 8.19. The Labute approximate surface area is 151 Å². The minimum absolute atomic E-state index is 0.0372. The van der Waals surface area contributed by atoms with Crippen molar-refractivity contribution < 1.29 is 5.11 Å². The number of piperidine rings is 1. The zero-order chi connectivity index (χ0) is 17.8. The molecular weight excluding hydrogens is 312 g/mol. The molecule has 1 aromatic rings. The summed E-state index contributed by atoms with van der Waals surface area (Å²) in [4.78, 5) is 12.2. The zero-order valence-electron chi connectivity index (χ0n) is 15.7. The number of hydrogen-bond acceptors (Lipinski definition) is 5. The summed E-state index contributed by atoms with van der Waals surface area (Å²) in [6, 6.07) is 7.18. The molecule has 3 heterocycles. The first-order valence-electron chi connectivity index (χ1n) is 9.63. The molecule has 2 fully saturated rings. The lowest BCUT2D eigenvalue weighted by Crippen LogP contribution is -2.47. The number of pyridine rings is 1. The van der Waals surface area contributed by atoms with E-state index in [0.717, 1.165) is 37.9 Å². The molecule has 1 aromatic heterocycles. The van der Waals surface area contributed by atoms with E-state index in [4.69, 9.17) is 0 Å². The predicted octanol–water partition coefficient (Wildman–Crippen LogP) is 3.00. The summed E-state index contributed by atoms with van der Waals surface area (Å²) in [5.41, 5.74) is 0.569. The van der Waals surface area contributed by atoms with Gasteiger partial charge in [0, 0.05) is 38.3 Å². The molecule has 2 saturated heterocycles. The predicted molar refractivity (Wildman–Crippen MR) is 104 cm³/mol. The summed E-state index contributed by atoms with van der Waals surface area (Å²) < 4.78 is 0. The van der Waals surface area contributed by atoms with E-state index < -0.39 is 0 Å². The van der Waals surface area contributed by atoms with Gasteiger partial charge in [0.05, 0.1) is 0 Å². The fourth-order valence-corrected chi connectivity index (χ4v) is 4.06. The van der Waals surface area contributed by atoms with Crippen LogP contribution in [-0.2, 0) is 0 Å². The summed E-state index contributed by atoms with van der Waals surface area (Å²) in [5.74, 6) is 0.986. The van der Waals surface area contributed by atoms with Crippen molar-refractivity contribution in [2.75, 3.05) is 44.2 Å². The Morgan fingerprint density at radius 3 is 2.56 bits per heavy atom.